The van der Waals surface area contributed by atoms with Gasteiger partial charge in [-0.3, -0.25) is 0 Å². The molecule has 0 unspecified atom stereocenters. The molecule has 0 saturated carbocycles. The third kappa shape index (κ3) is 15.6. The van der Waals surface area contributed by atoms with Crippen LogP contribution in [0, 0.1) is 0 Å². The van der Waals surface area contributed by atoms with Crippen molar-refractivity contribution >= 4 is 44.7 Å². The highest BCUT2D eigenvalue weighted by Gasteiger charge is 2.15. The van der Waals surface area contributed by atoms with Crippen LogP contribution in [0.5, 0.6) is 0 Å². The van der Waals surface area contributed by atoms with Gasteiger partial charge in [-0.25, -0.2) is 11.9 Å². The molecule has 0 aliphatic carbocycles. The van der Waals surface area contributed by atoms with Crippen molar-refractivity contribution in [3.63, 3.8) is 0 Å². The second kappa shape index (κ2) is 17.4. The summed E-state index contributed by atoms with van der Waals surface area (Å²) in [5.74, 6) is 3.00. The molecule has 0 fully saturated rings. The molecule has 0 aromatic rings. The van der Waals surface area contributed by atoms with Crippen molar-refractivity contribution in [1.82, 2.24) is 0 Å². The minimum Gasteiger partial charge on any atom is -0.239 e. The fraction of sp³-hybridized carbons (Fsp3) is 1.00. The topological polar surface area (TPSA) is 27.7 Å². The van der Waals surface area contributed by atoms with E-state index in [0.717, 1.165) is 17.3 Å². The van der Waals surface area contributed by atoms with E-state index in [1.54, 1.807) is 0 Å². The van der Waals surface area contributed by atoms with Gasteiger partial charge in [-0.1, -0.05) is 40.0 Å². The summed E-state index contributed by atoms with van der Waals surface area (Å²) in [5, 5.41) is 0. The first-order valence-electron chi connectivity index (χ1n) is 7.04. The largest absolute Gasteiger partial charge is 0.369 e. The van der Waals surface area contributed by atoms with Crippen molar-refractivity contribution in [2.45, 2.75) is 59.3 Å². The van der Waals surface area contributed by atoms with E-state index in [-0.39, 0.29) is 0 Å². The summed E-state index contributed by atoms with van der Waals surface area (Å²) in [6, 6.07) is 0. The molecule has 19 heavy (non-hydrogen) atoms. The SMILES string of the molecule is CCCCSOP(OSCCCC)OSCCCC. The van der Waals surface area contributed by atoms with E-state index < -0.39 is 8.60 Å². The molecular weight excluding hydrogens is 319 g/mol. The van der Waals surface area contributed by atoms with Gasteiger partial charge in [-0.2, -0.15) is 0 Å². The molecule has 116 valence electrons. The van der Waals surface area contributed by atoms with Crippen LogP contribution in [0.2, 0.25) is 0 Å². The third-order valence-electron chi connectivity index (χ3n) is 2.08. The van der Waals surface area contributed by atoms with Gasteiger partial charge in [0.1, 0.15) is 0 Å². The van der Waals surface area contributed by atoms with E-state index >= 15 is 0 Å². The summed E-state index contributed by atoms with van der Waals surface area (Å²) in [4.78, 5) is 0. The van der Waals surface area contributed by atoms with E-state index in [4.69, 9.17) is 11.9 Å². The Morgan fingerprint density at radius 3 is 1.21 bits per heavy atom. The van der Waals surface area contributed by atoms with Gasteiger partial charge in [0.2, 0.25) is 0 Å². The molecule has 0 heterocycles. The molecule has 0 radical (unpaired) electrons. The van der Waals surface area contributed by atoms with Gasteiger partial charge in [0.25, 0.3) is 0 Å². The lowest BCUT2D eigenvalue weighted by molar-refractivity contribution is 0.468. The normalized spacial score (nSPS) is 11.4. The Morgan fingerprint density at radius 2 is 0.947 bits per heavy atom. The Labute approximate surface area is 133 Å². The van der Waals surface area contributed by atoms with Crippen molar-refractivity contribution in [2.75, 3.05) is 17.3 Å². The number of hydrogen-bond acceptors (Lipinski definition) is 6. The average molecular weight is 347 g/mol. The van der Waals surface area contributed by atoms with Crippen LogP contribution in [0.3, 0.4) is 0 Å². The Hall–Kier alpha value is 1.36. The van der Waals surface area contributed by atoms with Crippen molar-refractivity contribution < 1.29 is 11.9 Å². The Kier molecular flexibility index (Phi) is 18.7. The van der Waals surface area contributed by atoms with Crippen LogP contribution in [-0.4, -0.2) is 17.3 Å². The molecule has 0 amide bonds. The molecular formula is C12H27O3PS3. The minimum atomic E-state index is -1.22. The zero-order chi connectivity index (χ0) is 14.2. The van der Waals surface area contributed by atoms with Crippen LogP contribution >= 0.6 is 44.7 Å². The predicted molar refractivity (Wildman–Crippen MR) is 92.3 cm³/mol. The lowest BCUT2D eigenvalue weighted by Gasteiger charge is -2.13. The highest BCUT2D eigenvalue weighted by Crippen LogP contribution is 2.50. The van der Waals surface area contributed by atoms with Crippen molar-refractivity contribution in [1.29, 1.82) is 0 Å². The van der Waals surface area contributed by atoms with Crippen molar-refractivity contribution in [2.24, 2.45) is 0 Å². The van der Waals surface area contributed by atoms with E-state index in [2.05, 4.69) is 20.8 Å². The zero-order valence-electron chi connectivity index (χ0n) is 12.3. The number of unbranched alkanes of at least 4 members (excludes halogenated alkanes) is 3. The molecule has 0 aromatic heterocycles. The molecule has 0 rings (SSSR count). The van der Waals surface area contributed by atoms with Crippen LogP contribution < -0.4 is 0 Å². The molecule has 0 aliphatic heterocycles. The first-order chi connectivity index (χ1) is 9.35. The van der Waals surface area contributed by atoms with Crippen LogP contribution in [0.15, 0.2) is 0 Å². The second-order valence-corrected chi connectivity index (χ2v) is 8.14. The summed E-state index contributed by atoms with van der Waals surface area (Å²) in [5.41, 5.74) is 0. The van der Waals surface area contributed by atoms with E-state index in [0.29, 0.717) is 0 Å². The van der Waals surface area contributed by atoms with Crippen molar-refractivity contribution in [3.8, 4) is 0 Å². The van der Waals surface area contributed by atoms with Crippen molar-refractivity contribution in [3.05, 3.63) is 0 Å². The summed E-state index contributed by atoms with van der Waals surface area (Å²) in [6.45, 7) is 6.53. The van der Waals surface area contributed by atoms with Gasteiger partial charge in [0.05, 0.1) is 0 Å². The number of hydrogen-bond donors (Lipinski definition) is 0. The van der Waals surface area contributed by atoms with E-state index in [1.165, 1.54) is 74.7 Å². The first kappa shape index (κ1) is 20.4. The van der Waals surface area contributed by atoms with Crippen LogP contribution in [0.25, 0.3) is 0 Å². The minimum absolute atomic E-state index is 1.00. The maximum absolute atomic E-state index is 5.60. The lowest BCUT2D eigenvalue weighted by Crippen LogP contribution is -1.87. The summed E-state index contributed by atoms with van der Waals surface area (Å²) in [7, 11) is -1.22. The van der Waals surface area contributed by atoms with Crippen LogP contribution in [0.4, 0.5) is 0 Å². The van der Waals surface area contributed by atoms with Gasteiger partial charge in [-0.05, 0) is 19.3 Å². The highest BCUT2D eigenvalue weighted by molar-refractivity contribution is 8.03. The predicted octanol–water partition coefficient (Wildman–Crippen LogP) is 6.61. The molecule has 0 N–H and O–H groups in total. The molecule has 0 aromatic carbocycles. The molecule has 0 atom stereocenters. The maximum atomic E-state index is 5.60. The van der Waals surface area contributed by atoms with Gasteiger partial charge < -0.3 is 0 Å². The molecule has 0 aliphatic rings. The molecule has 7 heteroatoms. The quantitative estimate of drug-likeness (QED) is 0.188. The Balaban J connectivity index is 3.66. The summed E-state index contributed by atoms with van der Waals surface area (Å²) in [6.07, 6.45) is 7.06. The second-order valence-electron chi connectivity index (χ2n) is 3.97. The highest BCUT2D eigenvalue weighted by atomic mass is 32.2. The molecule has 0 spiro atoms. The van der Waals surface area contributed by atoms with E-state index in [1.807, 2.05) is 0 Å². The summed E-state index contributed by atoms with van der Waals surface area (Å²) < 4.78 is 16.8. The van der Waals surface area contributed by atoms with Gasteiger partial charge in [0, 0.05) is 53.4 Å². The third-order valence-corrected chi connectivity index (χ3v) is 6.18. The standard InChI is InChI=1S/C12H27O3PS3/c1-4-7-10-17-13-16(14-18-11-8-5-2)15-19-12-9-6-3/h4-12H2,1-3H3. The Bertz CT molecular complexity index is 150. The smallest absolute Gasteiger partial charge is 0.239 e. The fourth-order valence-electron chi connectivity index (χ4n) is 0.888. The number of rotatable bonds is 15. The molecule has 0 bridgehead atoms. The van der Waals surface area contributed by atoms with E-state index in [9.17, 15) is 0 Å². The molecule has 0 saturated heterocycles. The van der Waals surface area contributed by atoms with Gasteiger partial charge in [-0.15, -0.1) is 0 Å². The first-order valence-corrected chi connectivity index (χ1v) is 10.9. The maximum Gasteiger partial charge on any atom is 0.369 e. The fourth-order valence-corrected chi connectivity index (χ4v) is 5.00. The van der Waals surface area contributed by atoms with Crippen LogP contribution in [0.1, 0.15) is 59.3 Å². The zero-order valence-corrected chi connectivity index (χ0v) is 15.6. The molecule has 3 nitrogen and oxygen atoms in total. The van der Waals surface area contributed by atoms with Gasteiger partial charge >= 0.3 is 8.60 Å². The summed E-state index contributed by atoms with van der Waals surface area (Å²) >= 11 is 4.40. The Morgan fingerprint density at radius 1 is 0.632 bits per heavy atom. The lowest BCUT2D eigenvalue weighted by atomic mass is 10.4. The van der Waals surface area contributed by atoms with Crippen LogP contribution in [-0.2, 0) is 11.9 Å². The van der Waals surface area contributed by atoms with Gasteiger partial charge in [0.15, 0.2) is 0 Å². The average Bonchev–Trinajstić information content (AvgIpc) is 2.43. The monoisotopic (exact) mass is 346 g/mol.